The molecular formula is C8H15NO6S2. The van der Waals surface area contributed by atoms with E-state index in [9.17, 15) is 21.6 Å². The summed E-state index contributed by atoms with van der Waals surface area (Å²) < 4.78 is 44.0. The van der Waals surface area contributed by atoms with Crippen molar-refractivity contribution in [1.29, 1.82) is 0 Å². The molecule has 0 saturated heterocycles. The Bertz CT molecular complexity index is 511. The predicted molar refractivity (Wildman–Crippen MR) is 62.9 cm³/mol. The number of sulfone groups is 2. The van der Waals surface area contributed by atoms with Crippen molar-refractivity contribution in [2.75, 3.05) is 19.1 Å². The number of nitrogens with two attached hydrogens (primary N) is 1. The topological polar surface area (TPSA) is 132 Å². The molecule has 0 aliphatic carbocycles. The summed E-state index contributed by atoms with van der Waals surface area (Å²) in [5, 5.41) is 8.67. The van der Waals surface area contributed by atoms with E-state index >= 15 is 0 Å². The second-order valence-corrected chi connectivity index (χ2v) is 8.50. The van der Waals surface area contributed by atoms with E-state index in [1.807, 2.05) is 0 Å². The van der Waals surface area contributed by atoms with Gasteiger partial charge in [-0.1, -0.05) is 0 Å². The lowest BCUT2D eigenvalue weighted by atomic mass is 10.2. The van der Waals surface area contributed by atoms with Gasteiger partial charge in [-0.3, -0.25) is 0 Å². The normalized spacial score (nSPS) is 14.7. The highest BCUT2D eigenvalue weighted by Crippen LogP contribution is 2.25. The minimum Gasteiger partial charge on any atom is -0.478 e. The van der Waals surface area contributed by atoms with Crippen LogP contribution in [0.25, 0.3) is 0 Å². The molecule has 0 aliphatic rings. The summed E-state index contributed by atoms with van der Waals surface area (Å²) >= 11 is 0. The van der Waals surface area contributed by atoms with Crippen molar-refractivity contribution in [3.05, 3.63) is 11.6 Å². The van der Waals surface area contributed by atoms with Crippen LogP contribution in [0.4, 0.5) is 0 Å². The first-order chi connectivity index (χ1) is 7.39. The van der Waals surface area contributed by atoms with E-state index < -0.39 is 41.8 Å². The Balaban J connectivity index is 6.29. The van der Waals surface area contributed by atoms with E-state index in [4.69, 9.17) is 10.8 Å². The zero-order valence-electron chi connectivity index (χ0n) is 9.67. The highest BCUT2D eigenvalue weighted by Gasteiger charge is 2.48. The molecule has 100 valence electrons. The van der Waals surface area contributed by atoms with E-state index in [1.165, 1.54) is 0 Å². The molecule has 0 saturated carbocycles. The van der Waals surface area contributed by atoms with Gasteiger partial charge < -0.3 is 10.8 Å². The fraction of sp³-hybridized carbons (Fsp3) is 0.625. The van der Waals surface area contributed by atoms with Crippen LogP contribution in [-0.2, 0) is 24.5 Å². The molecule has 0 aromatic heterocycles. The molecule has 0 aliphatic heterocycles. The van der Waals surface area contributed by atoms with Crippen LogP contribution in [0.5, 0.6) is 0 Å². The number of hydrogen-bond donors (Lipinski definition) is 2. The van der Waals surface area contributed by atoms with Crippen molar-refractivity contribution in [1.82, 2.24) is 0 Å². The zero-order chi connectivity index (χ0) is 14.1. The lowest BCUT2D eigenvalue weighted by Gasteiger charge is -2.25. The Kier molecular flexibility index (Phi) is 4.49. The number of carboxylic acid groups (broad SMARTS) is 1. The first-order valence-electron chi connectivity index (χ1n) is 4.41. The number of aliphatic carboxylic acids is 1. The SMILES string of the molecule is C/C(=C\C(CN)(S(C)(=O)=O)S(C)(=O)=O)C(=O)O. The highest BCUT2D eigenvalue weighted by molar-refractivity contribution is 8.10. The van der Waals surface area contributed by atoms with E-state index in [-0.39, 0.29) is 0 Å². The fourth-order valence-corrected chi connectivity index (χ4v) is 4.83. The number of rotatable bonds is 5. The molecule has 0 atom stereocenters. The van der Waals surface area contributed by atoms with E-state index in [0.717, 1.165) is 6.92 Å². The molecule has 9 heteroatoms. The van der Waals surface area contributed by atoms with Crippen molar-refractivity contribution in [3.8, 4) is 0 Å². The van der Waals surface area contributed by atoms with Gasteiger partial charge in [0.25, 0.3) is 0 Å². The van der Waals surface area contributed by atoms with Gasteiger partial charge in [-0.25, -0.2) is 21.6 Å². The van der Waals surface area contributed by atoms with Gasteiger partial charge in [0.2, 0.25) is 4.08 Å². The van der Waals surface area contributed by atoms with Crippen LogP contribution in [0.1, 0.15) is 6.92 Å². The minimum atomic E-state index is -4.12. The van der Waals surface area contributed by atoms with E-state index in [2.05, 4.69) is 0 Å². The molecule has 0 spiro atoms. The molecule has 0 heterocycles. The van der Waals surface area contributed by atoms with Crippen LogP contribution in [0, 0.1) is 0 Å². The van der Waals surface area contributed by atoms with Gasteiger partial charge in [-0.15, -0.1) is 0 Å². The number of hydrogen-bond acceptors (Lipinski definition) is 6. The zero-order valence-corrected chi connectivity index (χ0v) is 11.3. The van der Waals surface area contributed by atoms with Crippen molar-refractivity contribution in [3.63, 3.8) is 0 Å². The Hall–Kier alpha value is -0.930. The summed E-state index contributed by atoms with van der Waals surface area (Å²) in [5.74, 6) is -1.41. The molecule has 17 heavy (non-hydrogen) atoms. The van der Waals surface area contributed by atoms with Gasteiger partial charge in [0.05, 0.1) is 0 Å². The lowest BCUT2D eigenvalue weighted by Crippen LogP contribution is -2.50. The van der Waals surface area contributed by atoms with Crippen LogP contribution in [0.3, 0.4) is 0 Å². The van der Waals surface area contributed by atoms with Crippen LogP contribution in [-0.4, -0.2) is 51.0 Å². The summed E-state index contributed by atoms with van der Waals surface area (Å²) in [4.78, 5) is 10.6. The summed E-state index contributed by atoms with van der Waals surface area (Å²) in [6.45, 7) is 0.360. The van der Waals surface area contributed by atoms with Crippen LogP contribution in [0.2, 0.25) is 0 Å². The maximum Gasteiger partial charge on any atom is 0.331 e. The van der Waals surface area contributed by atoms with Crippen molar-refractivity contribution < 1.29 is 26.7 Å². The Morgan fingerprint density at radius 3 is 1.76 bits per heavy atom. The second-order valence-electron chi connectivity index (χ2n) is 3.69. The first kappa shape index (κ1) is 16.1. The summed E-state index contributed by atoms with van der Waals surface area (Å²) in [5.41, 5.74) is 4.84. The van der Waals surface area contributed by atoms with Crippen molar-refractivity contribution in [2.24, 2.45) is 5.73 Å². The first-order valence-corrected chi connectivity index (χ1v) is 8.19. The molecule has 3 N–H and O–H groups in total. The minimum absolute atomic E-state index is 0.397. The van der Waals surface area contributed by atoms with Gasteiger partial charge in [-0.05, 0) is 13.0 Å². The summed E-state index contributed by atoms with van der Waals surface area (Å²) in [6.07, 6.45) is 2.07. The van der Waals surface area contributed by atoms with Gasteiger partial charge in [0, 0.05) is 24.6 Å². The summed E-state index contributed by atoms with van der Waals surface area (Å²) in [7, 11) is -8.23. The summed E-state index contributed by atoms with van der Waals surface area (Å²) in [6, 6.07) is 0. The van der Waals surface area contributed by atoms with E-state index in [1.54, 1.807) is 0 Å². The van der Waals surface area contributed by atoms with E-state index in [0.29, 0.717) is 18.6 Å². The maximum absolute atomic E-state index is 11.6. The lowest BCUT2D eigenvalue weighted by molar-refractivity contribution is -0.132. The fourth-order valence-electron chi connectivity index (χ4n) is 1.24. The molecule has 0 bridgehead atoms. The third-order valence-corrected chi connectivity index (χ3v) is 7.21. The molecule has 0 aromatic carbocycles. The molecule has 0 rings (SSSR count). The largest absolute Gasteiger partial charge is 0.478 e. The molecular weight excluding hydrogens is 270 g/mol. The van der Waals surface area contributed by atoms with Gasteiger partial charge in [0.1, 0.15) is 0 Å². The quantitative estimate of drug-likeness (QED) is 0.604. The van der Waals surface area contributed by atoms with Crippen LogP contribution < -0.4 is 5.73 Å². The molecule has 7 nitrogen and oxygen atoms in total. The van der Waals surface area contributed by atoms with Gasteiger partial charge in [-0.2, -0.15) is 0 Å². The van der Waals surface area contributed by atoms with Crippen molar-refractivity contribution >= 4 is 25.6 Å². The monoisotopic (exact) mass is 285 g/mol. The Morgan fingerprint density at radius 1 is 1.24 bits per heavy atom. The third-order valence-electron chi connectivity index (χ3n) is 2.31. The molecule has 0 radical (unpaired) electrons. The second kappa shape index (κ2) is 4.75. The van der Waals surface area contributed by atoms with Crippen LogP contribution >= 0.6 is 0 Å². The molecule has 0 aromatic rings. The molecule has 0 fully saturated rings. The highest BCUT2D eigenvalue weighted by atomic mass is 32.3. The van der Waals surface area contributed by atoms with Crippen LogP contribution in [0.15, 0.2) is 11.6 Å². The average molecular weight is 285 g/mol. The number of carbonyl (C=O) groups is 1. The Labute approximate surface area is 100 Å². The van der Waals surface area contributed by atoms with Crippen molar-refractivity contribution in [2.45, 2.75) is 11.0 Å². The van der Waals surface area contributed by atoms with Gasteiger partial charge in [0.15, 0.2) is 19.7 Å². The average Bonchev–Trinajstić information content (AvgIpc) is 2.09. The maximum atomic E-state index is 11.6. The molecule has 0 amide bonds. The Morgan fingerprint density at radius 2 is 1.59 bits per heavy atom. The third kappa shape index (κ3) is 3.05. The smallest absolute Gasteiger partial charge is 0.331 e. The predicted octanol–water partition coefficient (Wildman–Crippen LogP) is -1.24. The van der Waals surface area contributed by atoms with Gasteiger partial charge >= 0.3 is 5.97 Å². The standard InChI is InChI=1S/C8H15NO6S2/c1-6(7(10)11)4-8(5-9,16(2,12)13)17(3,14)15/h4H,5,9H2,1-3H3,(H,10,11)/b6-4+. The molecule has 0 unspecified atom stereocenters. The number of carboxylic acids is 1.